The number of hydrogen-bond acceptors (Lipinski definition) is 4. The Morgan fingerprint density at radius 2 is 2.17 bits per heavy atom. The molecule has 0 unspecified atom stereocenters. The average Bonchev–Trinajstić information content (AvgIpc) is 3.12. The molecule has 5 heteroatoms. The Kier molecular flexibility index (Phi) is 2.92. The summed E-state index contributed by atoms with van der Waals surface area (Å²) >= 11 is 0.938. The highest BCUT2D eigenvalue weighted by Crippen LogP contribution is 2.41. The molecule has 0 atom stereocenters. The normalized spacial score (nSPS) is 26.4. The molecule has 1 N–H and O–H groups in total. The molecule has 0 aromatic carbocycles. The first-order chi connectivity index (χ1) is 8.69. The fourth-order valence-corrected chi connectivity index (χ4v) is 2.90. The number of thioether (sulfide) groups is 1. The van der Waals surface area contributed by atoms with Crippen molar-refractivity contribution in [2.75, 3.05) is 0 Å². The van der Waals surface area contributed by atoms with E-state index in [1.807, 2.05) is 17.7 Å². The van der Waals surface area contributed by atoms with E-state index in [2.05, 4.69) is 0 Å². The molecule has 1 heterocycles. The maximum Gasteiger partial charge on any atom is 0.265 e. The molecular weight excluding hydrogens is 248 g/mol. The van der Waals surface area contributed by atoms with Crippen LogP contribution in [0.2, 0.25) is 0 Å². The molecule has 18 heavy (non-hydrogen) atoms. The third-order valence-electron chi connectivity index (χ3n) is 3.72. The molecule has 1 aromatic rings. The van der Waals surface area contributed by atoms with E-state index in [-0.39, 0.29) is 17.7 Å². The Morgan fingerprint density at radius 1 is 1.44 bits per heavy atom. The van der Waals surface area contributed by atoms with E-state index >= 15 is 0 Å². The van der Waals surface area contributed by atoms with Crippen molar-refractivity contribution >= 4 is 11.8 Å². The summed E-state index contributed by atoms with van der Waals surface area (Å²) in [6, 6.07) is 1.96. The van der Waals surface area contributed by atoms with Gasteiger partial charge in [0.2, 0.25) is 0 Å². The number of hydrogen-bond donors (Lipinski definition) is 1. The largest absolute Gasteiger partial charge is 0.393 e. The second-order valence-electron chi connectivity index (χ2n) is 5.10. The lowest BCUT2D eigenvalue weighted by molar-refractivity contribution is 0.0467. The monoisotopic (exact) mass is 262 g/mol. The van der Waals surface area contributed by atoms with Crippen LogP contribution < -0.4 is 5.56 Å². The van der Waals surface area contributed by atoms with Gasteiger partial charge in [-0.3, -0.25) is 4.79 Å². The number of aromatic nitrogens is 1. The number of aliphatic hydroxyl groups excluding tert-OH is 1. The van der Waals surface area contributed by atoms with E-state index in [1.165, 1.54) is 12.8 Å². The topological polar surface area (TPSA) is 66.0 Å². The van der Waals surface area contributed by atoms with Gasteiger partial charge in [-0.1, -0.05) is 0 Å². The van der Waals surface area contributed by atoms with Crippen LogP contribution in [0.1, 0.15) is 43.2 Å². The van der Waals surface area contributed by atoms with Gasteiger partial charge in [0.05, 0.1) is 11.0 Å². The van der Waals surface area contributed by atoms with E-state index < -0.39 is 0 Å². The third kappa shape index (κ3) is 2.06. The average molecular weight is 262 g/mol. The number of pyridine rings is 1. The quantitative estimate of drug-likeness (QED) is 0.668. The van der Waals surface area contributed by atoms with Crippen molar-refractivity contribution in [1.29, 1.82) is 5.26 Å². The van der Waals surface area contributed by atoms with Crippen LogP contribution in [0, 0.1) is 10.7 Å². The predicted octanol–water partition coefficient (Wildman–Crippen LogP) is 1.99. The zero-order valence-electron chi connectivity index (χ0n) is 9.87. The Bertz CT molecular complexity index is 565. The minimum absolute atomic E-state index is 0.0946. The molecule has 0 spiro atoms. The van der Waals surface area contributed by atoms with Crippen molar-refractivity contribution in [1.82, 2.24) is 4.57 Å². The molecule has 2 aliphatic carbocycles. The zero-order valence-corrected chi connectivity index (χ0v) is 10.7. The van der Waals surface area contributed by atoms with Crippen molar-refractivity contribution in [3.8, 4) is 5.40 Å². The van der Waals surface area contributed by atoms with Crippen LogP contribution in [0.3, 0.4) is 0 Å². The maximum absolute atomic E-state index is 12.2. The fraction of sp³-hybridized carbons (Fsp3) is 0.538. The van der Waals surface area contributed by atoms with E-state index in [1.54, 1.807) is 4.57 Å². The third-order valence-corrected chi connectivity index (χ3v) is 4.32. The van der Waals surface area contributed by atoms with Crippen LogP contribution >= 0.6 is 11.8 Å². The molecule has 2 saturated carbocycles. The van der Waals surface area contributed by atoms with Gasteiger partial charge in [0.1, 0.15) is 5.40 Å². The van der Waals surface area contributed by atoms with E-state index in [0.717, 1.165) is 17.3 Å². The number of nitriles is 1. The van der Waals surface area contributed by atoms with Gasteiger partial charge in [-0.25, -0.2) is 0 Å². The van der Waals surface area contributed by atoms with Gasteiger partial charge in [0, 0.05) is 12.2 Å². The van der Waals surface area contributed by atoms with E-state index in [4.69, 9.17) is 5.26 Å². The van der Waals surface area contributed by atoms with Gasteiger partial charge in [-0.2, -0.15) is 5.26 Å². The second-order valence-corrected chi connectivity index (χ2v) is 5.92. The first kappa shape index (κ1) is 11.8. The molecule has 2 fully saturated rings. The molecule has 0 bridgehead atoms. The molecule has 0 saturated heterocycles. The van der Waals surface area contributed by atoms with Gasteiger partial charge < -0.3 is 9.67 Å². The molecule has 1 aromatic heterocycles. The predicted molar refractivity (Wildman–Crippen MR) is 68.4 cm³/mol. The van der Waals surface area contributed by atoms with Gasteiger partial charge in [-0.15, -0.1) is 0 Å². The molecule has 3 rings (SSSR count). The zero-order chi connectivity index (χ0) is 12.7. The van der Waals surface area contributed by atoms with Gasteiger partial charge in [0.25, 0.3) is 5.56 Å². The molecule has 4 nitrogen and oxygen atoms in total. The Balaban J connectivity index is 2.00. The first-order valence-electron chi connectivity index (χ1n) is 6.19. The van der Waals surface area contributed by atoms with Crippen LogP contribution in [0.4, 0.5) is 0 Å². The van der Waals surface area contributed by atoms with Crippen molar-refractivity contribution in [2.45, 2.75) is 48.6 Å². The molecular formula is C13H14N2O2S. The summed E-state index contributed by atoms with van der Waals surface area (Å²) in [5.41, 5.74) is 1.07. The second kappa shape index (κ2) is 4.45. The summed E-state index contributed by atoms with van der Waals surface area (Å²) in [5.74, 6) is 0.555. The summed E-state index contributed by atoms with van der Waals surface area (Å²) in [4.78, 5) is 12.7. The summed E-state index contributed by atoms with van der Waals surface area (Å²) in [7, 11) is 0. The smallest absolute Gasteiger partial charge is 0.265 e. The maximum atomic E-state index is 12.2. The molecule has 0 aliphatic heterocycles. The molecule has 0 amide bonds. The Hall–Kier alpha value is -1.25. The summed E-state index contributed by atoms with van der Waals surface area (Å²) < 4.78 is 1.72. The molecule has 2 aliphatic rings. The van der Waals surface area contributed by atoms with Crippen molar-refractivity contribution in [3.05, 3.63) is 28.2 Å². The van der Waals surface area contributed by atoms with Crippen LogP contribution in [0.5, 0.6) is 0 Å². The lowest BCUT2D eigenvalue weighted by Gasteiger charge is -2.33. The van der Waals surface area contributed by atoms with Crippen molar-refractivity contribution in [2.24, 2.45) is 0 Å². The molecule has 94 valence electrons. The lowest BCUT2D eigenvalue weighted by Crippen LogP contribution is -2.37. The lowest BCUT2D eigenvalue weighted by atomic mass is 9.89. The summed E-state index contributed by atoms with van der Waals surface area (Å²) in [6.45, 7) is 0. The highest BCUT2D eigenvalue weighted by Gasteiger charge is 2.32. The van der Waals surface area contributed by atoms with Crippen LogP contribution in [-0.4, -0.2) is 15.8 Å². The van der Waals surface area contributed by atoms with Crippen molar-refractivity contribution in [3.63, 3.8) is 0 Å². The molecule has 0 radical (unpaired) electrons. The van der Waals surface area contributed by atoms with E-state index in [9.17, 15) is 9.90 Å². The Morgan fingerprint density at radius 3 is 2.72 bits per heavy atom. The SMILES string of the molecule is N#CSc1cc(C2CC2)cn(C2CC(O)C2)c1=O. The summed E-state index contributed by atoms with van der Waals surface area (Å²) in [5, 5.41) is 20.1. The standard InChI is InChI=1S/C13H14N2O2S/c14-7-18-12-3-9(8-1-2-8)6-15(13(12)17)10-4-11(16)5-10/h3,6,8,10-11,16H,1-2,4-5H2. The highest BCUT2D eigenvalue weighted by atomic mass is 32.2. The number of nitrogens with zero attached hydrogens (tertiary/aromatic N) is 2. The van der Waals surface area contributed by atoms with Crippen LogP contribution in [0.15, 0.2) is 22.0 Å². The van der Waals surface area contributed by atoms with Gasteiger partial charge in [0.15, 0.2) is 0 Å². The fourth-order valence-electron chi connectivity index (χ4n) is 2.42. The van der Waals surface area contributed by atoms with Crippen molar-refractivity contribution < 1.29 is 5.11 Å². The first-order valence-corrected chi connectivity index (χ1v) is 7.00. The highest BCUT2D eigenvalue weighted by molar-refractivity contribution is 8.03. The van der Waals surface area contributed by atoms with Gasteiger partial charge >= 0.3 is 0 Å². The number of thiocyanates is 1. The minimum atomic E-state index is -0.279. The van der Waals surface area contributed by atoms with E-state index in [0.29, 0.717) is 23.7 Å². The van der Waals surface area contributed by atoms with Crippen LogP contribution in [0.25, 0.3) is 0 Å². The van der Waals surface area contributed by atoms with Crippen LogP contribution in [-0.2, 0) is 0 Å². The Labute approximate surface area is 109 Å². The number of rotatable bonds is 3. The van der Waals surface area contributed by atoms with Gasteiger partial charge in [-0.05, 0) is 55.0 Å². The summed E-state index contributed by atoms with van der Waals surface area (Å²) in [6.07, 6.45) is 5.27. The number of aliphatic hydroxyl groups is 1. The minimum Gasteiger partial charge on any atom is -0.393 e.